The molecule has 0 heterocycles. The molecule has 7 heteroatoms. The Morgan fingerprint density at radius 1 is 1.22 bits per heavy atom. The number of carboxylic acids is 1. The molecule has 0 saturated carbocycles. The number of aliphatic carboxylic acids is 1. The summed E-state index contributed by atoms with van der Waals surface area (Å²) in [6, 6.07) is -2.00. The van der Waals surface area contributed by atoms with Gasteiger partial charge < -0.3 is 21.5 Å². The number of amides is 3. The van der Waals surface area contributed by atoms with Crippen LogP contribution in [0.3, 0.4) is 0 Å². The van der Waals surface area contributed by atoms with Crippen molar-refractivity contribution in [2.75, 3.05) is 0 Å². The Labute approximate surface area is 106 Å². The molecule has 0 radical (unpaired) electrons. The SMILES string of the molecule is CCC(C)C(C)NC(=O)N[C@@H](CC(N)=O)C(=O)O. The molecule has 0 aromatic carbocycles. The van der Waals surface area contributed by atoms with Crippen LogP contribution in [0.25, 0.3) is 0 Å². The number of carbonyl (C=O) groups excluding carboxylic acids is 2. The van der Waals surface area contributed by atoms with Gasteiger partial charge in [-0.15, -0.1) is 0 Å². The predicted octanol–water partition coefficient (Wildman–Crippen LogP) is 0.0488. The fourth-order valence-electron chi connectivity index (χ4n) is 1.30. The van der Waals surface area contributed by atoms with Crippen molar-refractivity contribution >= 4 is 17.9 Å². The Bertz CT molecular complexity index is 319. The van der Waals surface area contributed by atoms with Crippen molar-refractivity contribution in [3.63, 3.8) is 0 Å². The Kier molecular flexibility index (Phi) is 6.77. The zero-order chi connectivity index (χ0) is 14.3. The molecule has 0 aliphatic carbocycles. The molecule has 0 fully saturated rings. The molecule has 3 atom stereocenters. The van der Waals surface area contributed by atoms with Crippen LogP contribution in [0.4, 0.5) is 4.79 Å². The van der Waals surface area contributed by atoms with Crippen LogP contribution in [-0.2, 0) is 9.59 Å². The van der Waals surface area contributed by atoms with Crippen molar-refractivity contribution in [2.24, 2.45) is 11.7 Å². The smallest absolute Gasteiger partial charge is 0.326 e. The van der Waals surface area contributed by atoms with Gasteiger partial charge in [-0.2, -0.15) is 0 Å². The first-order valence-corrected chi connectivity index (χ1v) is 5.86. The quantitative estimate of drug-likeness (QED) is 0.516. The molecule has 0 saturated heterocycles. The van der Waals surface area contributed by atoms with Gasteiger partial charge in [0.1, 0.15) is 6.04 Å². The lowest BCUT2D eigenvalue weighted by Gasteiger charge is -2.21. The normalized spacial score (nSPS) is 15.3. The maximum Gasteiger partial charge on any atom is 0.326 e. The number of hydrogen-bond donors (Lipinski definition) is 4. The summed E-state index contributed by atoms with van der Waals surface area (Å²) in [6.07, 6.45) is 0.464. The zero-order valence-corrected chi connectivity index (χ0v) is 10.9. The van der Waals surface area contributed by atoms with E-state index < -0.39 is 30.4 Å². The molecule has 18 heavy (non-hydrogen) atoms. The van der Waals surface area contributed by atoms with E-state index >= 15 is 0 Å². The van der Waals surface area contributed by atoms with Crippen molar-refractivity contribution in [1.29, 1.82) is 0 Å². The monoisotopic (exact) mass is 259 g/mol. The maximum atomic E-state index is 11.5. The molecule has 0 aliphatic rings. The standard InChI is InChI=1S/C11H21N3O4/c1-4-6(2)7(3)13-11(18)14-8(10(16)17)5-9(12)15/h6-8H,4-5H2,1-3H3,(H2,12,15)(H,16,17)(H2,13,14,18)/t6?,7?,8-/m0/s1. The van der Waals surface area contributed by atoms with E-state index in [-0.39, 0.29) is 12.0 Å². The van der Waals surface area contributed by atoms with E-state index in [1.807, 2.05) is 20.8 Å². The molecule has 3 amide bonds. The summed E-state index contributed by atoms with van der Waals surface area (Å²) < 4.78 is 0. The summed E-state index contributed by atoms with van der Waals surface area (Å²) in [5.41, 5.74) is 4.90. The fraction of sp³-hybridized carbons (Fsp3) is 0.727. The largest absolute Gasteiger partial charge is 0.480 e. The second kappa shape index (κ2) is 7.52. The van der Waals surface area contributed by atoms with Crippen molar-refractivity contribution in [2.45, 2.75) is 45.7 Å². The molecule has 0 aromatic heterocycles. The van der Waals surface area contributed by atoms with E-state index in [1.165, 1.54) is 0 Å². The zero-order valence-electron chi connectivity index (χ0n) is 10.9. The van der Waals surface area contributed by atoms with Crippen LogP contribution in [0.15, 0.2) is 0 Å². The lowest BCUT2D eigenvalue weighted by molar-refractivity contribution is -0.140. The highest BCUT2D eigenvalue weighted by molar-refractivity contribution is 5.87. The third-order valence-corrected chi connectivity index (χ3v) is 2.86. The molecule has 5 N–H and O–H groups in total. The van der Waals surface area contributed by atoms with Gasteiger partial charge in [-0.1, -0.05) is 20.3 Å². The minimum atomic E-state index is -1.30. The molecule has 7 nitrogen and oxygen atoms in total. The first-order valence-electron chi connectivity index (χ1n) is 5.86. The number of hydrogen-bond acceptors (Lipinski definition) is 3. The summed E-state index contributed by atoms with van der Waals surface area (Å²) in [5, 5.41) is 13.6. The van der Waals surface area contributed by atoms with Crippen molar-refractivity contribution in [3.8, 4) is 0 Å². The van der Waals surface area contributed by atoms with E-state index in [0.29, 0.717) is 0 Å². The average Bonchev–Trinajstić information content (AvgIpc) is 2.25. The van der Waals surface area contributed by atoms with Crippen LogP contribution in [0.1, 0.15) is 33.6 Å². The van der Waals surface area contributed by atoms with Crippen LogP contribution in [0.5, 0.6) is 0 Å². The molecule has 104 valence electrons. The van der Waals surface area contributed by atoms with Crippen molar-refractivity contribution in [3.05, 3.63) is 0 Å². The average molecular weight is 259 g/mol. The van der Waals surface area contributed by atoms with Crippen molar-refractivity contribution < 1.29 is 19.5 Å². The number of nitrogens with one attached hydrogen (secondary N) is 2. The van der Waals surface area contributed by atoms with Gasteiger partial charge in [0.2, 0.25) is 5.91 Å². The minimum absolute atomic E-state index is 0.0852. The number of carbonyl (C=O) groups is 3. The molecule has 0 aliphatic heterocycles. The summed E-state index contributed by atoms with van der Waals surface area (Å²) in [5.74, 6) is -1.80. The van der Waals surface area contributed by atoms with Gasteiger partial charge in [-0.3, -0.25) is 4.79 Å². The number of carboxylic acid groups (broad SMARTS) is 1. The summed E-state index contributed by atoms with van der Waals surface area (Å²) in [4.78, 5) is 33.0. The minimum Gasteiger partial charge on any atom is -0.480 e. The molecule has 0 spiro atoms. The van der Waals surface area contributed by atoms with E-state index in [2.05, 4.69) is 10.6 Å². The van der Waals surface area contributed by atoms with E-state index in [9.17, 15) is 14.4 Å². The Morgan fingerprint density at radius 3 is 2.17 bits per heavy atom. The highest BCUT2D eigenvalue weighted by Crippen LogP contribution is 2.06. The van der Waals surface area contributed by atoms with Crippen LogP contribution < -0.4 is 16.4 Å². The summed E-state index contributed by atoms with van der Waals surface area (Å²) in [7, 11) is 0. The van der Waals surface area contributed by atoms with Crippen LogP contribution >= 0.6 is 0 Å². The molecule has 2 unspecified atom stereocenters. The van der Waals surface area contributed by atoms with E-state index in [4.69, 9.17) is 10.8 Å². The van der Waals surface area contributed by atoms with Gasteiger partial charge in [0.25, 0.3) is 0 Å². The van der Waals surface area contributed by atoms with Gasteiger partial charge in [0.05, 0.1) is 6.42 Å². The van der Waals surface area contributed by atoms with E-state index in [0.717, 1.165) is 6.42 Å². The number of nitrogens with two attached hydrogens (primary N) is 1. The number of urea groups is 1. The highest BCUT2D eigenvalue weighted by Gasteiger charge is 2.23. The first-order chi connectivity index (χ1) is 8.27. The summed E-state index contributed by atoms with van der Waals surface area (Å²) in [6.45, 7) is 5.80. The Hall–Kier alpha value is -1.79. The van der Waals surface area contributed by atoms with Crippen LogP contribution in [0.2, 0.25) is 0 Å². The van der Waals surface area contributed by atoms with Gasteiger partial charge >= 0.3 is 12.0 Å². The third-order valence-electron chi connectivity index (χ3n) is 2.86. The Morgan fingerprint density at radius 2 is 1.78 bits per heavy atom. The first kappa shape index (κ1) is 16.2. The third kappa shape index (κ3) is 6.07. The van der Waals surface area contributed by atoms with Gasteiger partial charge in [-0.05, 0) is 12.8 Å². The Balaban J connectivity index is 4.34. The second-order valence-electron chi connectivity index (χ2n) is 4.35. The molecule has 0 aromatic rings. The lowest BCUT2D eigenvalue weighted by atomic mass is 10.0. The van der Waals surface area contributed by atoms with Crippen molar-refractivity contribution in [1.82, 2.24) is 10.6 Å². The molecular weight excluding hydrogens is 238 g/mol. The van der Waals surface area contributed by atoms with Crippen LogP contribution in [-0.4, -0.2) is 35.1 Å². The lowest BCUT2D eigenvalue weighted by Crippen LogP contribution is -2.50. The fourth-order valence-corrected chi connectivity index (χ4v) is 1.30. The summed E-state index contributed by atoms with van der Waals surface area (Å²) >= 11 is 0. The maximum absolute atomic E-state index is 11.5. The van der Waals surface area contributed by atoms with Crippen LogP contribution in [0, 0.1) is 5.92 Å². The number of primary amides is 1. The highest BCUT2D eigenvalue weighted by atomic mass is 16.4. The van der Waals surface area contributed by atoms with Gasteiger partial charge in [0.15, 0.2) is 0 Å². The van der Waals surface area contributed by atoms with Gasteiger partial charge in [-0.25, -0.2) is 9.59 Å². The topological polar surface area (TPSA) is 122 Å². The second-order valence-corrected chi connectivity index (χ2v) is 4.35. The number of rotatable bonds is 7. The van der Waals surface area contributed by atoms with Gasteiger partial charge in [0, 0.05) is 6.04 Å². The molecular formula is C11H21N3O4. The predicted molar refractivity (Wildman–Crippen MR) is 65.8 cm³/mol. The van der Waals surface area contributed by atoms with E-state index in [1.54, 1.807) is 0 Å². The molecule has 0 bridgehead atoms. The molecule has 0 rings (SSSR count).